The molecule has 0 fully saturated rings. The highest BCUT2D eigenvalue weighted by Gasteiger charge is 2.43. The summed E-state index contributed by atoms with van der Waals surface area (Å²) < 4.78 is 5.14. The first-order chi connectivity index (χ1) is 11.0. The van der Waals surface area contributed by atoms with E-state index in [1.165, 1.54) is 0 Å². The Kier molecular flexibility index (Phi) is 5.52. The lowest BCUT2D eigenvalue weighted by Gasteiger charge is -2.37. The second-order valence-corrected chi connectivity index (χ2v) is 5.35. The number of nitrogens with zero attached hydrogens (tertiary/aromatic N) is 2. The van der Waals surface area contributed by atoms with Gasteiger partial charge in [0.1, 0.15) is 0 Å². The molecule has 0 saturated carbocycles. The fourth-order valence-electron chi connectivity index (χ4n) is 2.28. The highest BCUT2D eigenvalue weighted by molar-refractivity contribution is 6.67. The maximum Gasteiger partial charge on any atom is 0.371 e. The Labute approximate surface area is 139 Å². The van der Waals surface area contributed by atoms with E-state index < -0.39 is 17.0 Å². The first kappa shape index (κ1) is 17.2. The van der Waals surface area contributed by atoms with Crippen molar-refractivity contribution in [3.05, 3.63) is 47.7 Å². The van der Waals surface area contributed by atoms with Gasteiger partial charge in [0.15, 0.2) is 0 Å². The van der Waals surface area contributed by atoms with Crippen LogP contribution in [0.3, 0.4) is 0 Å². The van der Waals surface area contributed by atoms with Crippen LogP contribution in [0, 0.1) is 0 Å². The molecule has 1 N–H and O–H groups in total. The highest BCUT2D eigenvalue weighted by atomic mass is 35.5. The first-order valence-electron chi connectivity index (χ1n) is 7.15. The minimum Gasteiger partial charge on any atom is -0.462 e. The number of hydrogen-bond acceptors (Lipinski definition) is 6. The largest absolute Gasteiger partial charge is 0.462 e. The van der Waals surface area contributed by atoms with Crippen molar-refractivity contribution in [2.45, 2.75) is 19.3 Å². The van der Waals surface area contributed by atoms with Gasteiger partial charge in [-0.3, -0.25) is 9.69 Å². The normalized spacial score (nSPS) is 19.5. The number of carbonyl (C=O) groups excluding carboxylic acids is 2. The van der Waals surface area contributed by atoms with Crippen LogP contribution in [-0.2, 0) is 16.1 Å². The van der Waals surface area contributed by atoms with Gasteiger partial charge in [-0.2, -0.15) is 0 Å². The lowest BCUT2D eigenvalue weighted by molar-refractivity contribution is -0.159. The Morgan fingerprint density at radius 3 is 2.83 bits per heavy atom. The Morgan fingerprint density at radius 1 is 1.43 bits per heavy atom. The minimum atomic E-state index is -1.33. The van der Waals surface area contributed by atoms with Crippen LogP contribution in [0.4, 0.5) is 0 Å². The Bertz CT molecular complexity index is 660. The fourth-order valence-corrected chi connectivity index (χ4v) is 2.40. The molecular weight excluding hydrogens is 318 g/mol. The van der Waals surface area contributed by atoms with Crippen molar-refractivity contribution < 1.29 is 14.3 Å². The predicted octanol–water partition coefficient (Wildman–Crippen LogP) is 1.90. The Hall–Kier alpha value is -2.18. The Morgan fingerprint density at radius 2 is 2.22 bits per heavy atom. The molecule has 1 aromatic rings. The number of likely N-dealkylation sites (N-methyl/N-ethyl adjacent to an activating group) is 1. The van der Waals surface area contributed by atoms with E-state index >= 15 is 0 Å². The molecule has 0 aliphatic carbocycles. The Balaban J connectivity index is 2.25. The number of halogens is 1. The van der Waals surface area contributed by atoms with Crippen molar-refractivity contribution in [2.75, 3.05) is 13.7 Å². The van der Waals surface area contributed by atoms with E-state index in [4.69, 9.17) is 16.3 Å². The van der Waals surface area contributed by atoms with Gasteiger partial charge in [-0.25, -0.2) is 9.79 Å². The summed E-state index contributed by atoms with van der Waals surface area (Å²) in [6, 6.07) is 6.92. The van der Waals surface area contributed by atoms with Crippen LogP contribution in [0.2, 0.25) is 0 Å². The van der Waals surface area contributed by atoms with E-state index in [0.29, 0.717) is 12.1 Å². The number of rotatable bonds is 6. The molecule has 2 rings (SSSR count). The van der Waals surface area contributed by atoms with Crippen molar-refractivity contribution >= 4 is 29.0 Å². The average molecular weight is 336 g/mol. The zero-order chi connectivity index (χ0) is 16.9. The van der Waals surface area contributed by atoms with E-state index in [2.05, 4.69) is 10.3 Å². The summed E-state index contributed by atoms with van der Waals surface area (Å²) in [6.45, 7) is 2.37. The summed E-state index contributed by atoms with van der Waals surface area (Å²) in [5.41, 5.74) is 1.23. The van der Waals surface area contributed by atoms with Crippen molar-refractivity contribution in [3.63, 3.8) is 0 Å². The number of benzene rings is 1. The number of aliphatic imine (C=N–C) groups is 1. The molecule has 0 spiro atoms. The van der Waals surface area contributed by atoms with Gasteiger partial charge in [-0.1, -0.05) is 18.2 Å². The van der Waals surface area contributed by atoms with Gasteiger partial charge in [0.25, 0.3) is 11.0 Å². The molecule has 0 saturated heterocycles. The van der Waals surface area contributed by atoms with Gasteiger partial charge < -0.3 is 10.1 Å². The van der Waals surface area contributed by atoms with Gasteiger partial charge in [-0.05, 0) is 43.3 Å². The molecule has 23 heavy (non-hydrogen) atoms. The zero-order valence-electron chi connectivity index (χ0n) is 13.0. The lowest BCUT2D eigenvalue weighted by Crippen LogP contribution is -2.61. The molecule has 0 bridgehead atoms. The average Bonchev–Trinajstić information content (AvgIpc) is 2.55. The monoisotopic (exact) mass is 335 g/mol. The smallest absolute Gasteiger partial charge is 0.371 e. The highest BCUT2D eigenvalue weighted by Crippen LogP contribution is 2.20. The van der Waals surface area contributed by atoms with Crippen LogP contribution in [-0.4, -0.2) is 41.8 Å². The summed E-state index contributed by atoms with van der Waals surface area (Å²) in [7, 11) is 1.75. The molecule has 1 atom stereocenters. The number of hydrogen-bond donors (Lipinski definition) is 1. The van der Waals surface area contributed by atoms with Gasteiger partial charge >= 0.3 is 5.97 Å². The fraction of sp³-hybridized carbons (Fsp3) is 0.312. The van der Waals surface area contributed by atoms with Crippen molar-refractivity contribution in [3.8, 4) is 0 Å². The zero-order valence-corrected chi connectivity index (χ0v) is 13.7. The second-order valence-electron chi connectivity index (χ2n) is 5.00. The third kappa shape index (κ3) is 3.78. The molecule has 0 radical (unpaired) electrons. The standard InChI is InChI=1S/C16H18ClN3O3/c1-3-23-15(22)16(18-8-5-9-19-16)20(2)11-12-6-4-7-13(10-12)14(17)21/h4-10,18H,3,11H2,1-2H3. The molecule has 1 aromatic carbocycles. The van der Waals surface area contributed by atoms with Crippen LogP contribution in [0.5, 0.6) is 0 Å². The molecule has 1 aliphatic rings. The van der Waals surface area contributed by atoms with E-state index in [-0.39, 0.29) is 6.61 Å². The lowest BCUT2D eigenvalue weighted by atomic mass is 10.1. The second kappa shape index (κ2) is 7.39. The molecule has 1 heterocycles. The minimum absolute atomic E-state index is 0.256. The molecule has 0 aromatic heterocycles. The first-order valence-corrected chi connectivity index (χ1v) is 7.52. The van der Waals surface area contributed by atoms with Crippen LogP contribution >= 0.6 is 11.6 Å². The summed E-state index contributed by atoms with van der Waals surface area (Å²) in [5, 5.41) is 2.43. The topological polar surface area (TPSA) is 71.0 Å². The summed E-state index contributed by atoms with van der Waals surface area (Å²) >= 11 is 5.51. The molecule has 1 unspecified atom stereocenters. The molecule has 122 valence electrons. The SMILES string of the molecule is CCOC(=O)C1(N(C)Cc2cccc(C(=O)Cl)c2)N=CC=CN1. The molecule has 1 aliphatic heterocycles. The number of nitrogens with one attached hydrogen (secondary N) is 1. The maximum absolute atomic E-state index is 12.4. The number of allylic oxidation sites excluding steroid dienone is 1. The predicted molar refractivity (Wildman–Crippen MR) is 88.2 cm³/mol. The van der Waals surface area contributed by atoms with Crippen LogP contribution in [0.1, 0.15) is 22.8 Å². The van der Waals surface area contributed by atoms with Crippen molar-refractivity contribution in [1.29, 1.82) is 0 Å². The molecular formula is C16H18ClN3O3. The van der Waals surface area contributed by atoms with Crippen molar-refractivity contribution in [1.82, 2.24) is 10.2 Å². The maximum atomic E-state index is 12.4. The molecule has 7 heteroatoms. The number of esters is 1. The van der Waals surface area contributed by atoms with Gasteiger partial charge in [0, 0.05) is 24.5 Å². The summed E-state index contributed by atoms with van der Waals surface area (Å²) in [4.78, 5) is 29.6. The summed E-state index contributed by atoms with van der Waals surface area (Å²) in [6.07, 6.45) is 4.87. The summed E-state index contributed by atoms with van der Waals surface area (Å²) in [5.74, 6) is -1.82. The number of carbonyl (C=O) groups is 2. The third-order valence-electron chi connectivity index (χ3n) is 3.41. The van der Waals surface area contributed by atoms with Crippen molar-refractivity contribution in [2.24, 2.45) is 4.99 Å². The van der Waals surface area contributed by atoms with E-state index in [1.807, 2.05) is 6.07 Å². The molecule has 0 amide bonds. The number of ether oxygens (including phenoxy) is 1. The third-order valence-corrected chi connectivity index (χ3v) is 3.63. The van der Waals surface area contributed by atoms with E-state index in [0.717, 1.165) is 5.56 Å². The van der Waals surface area contributed by atoms with E-state index in [1.54, 1.807) is 55.6 Å². The quantitative estimate of drug-likeness (QED) is 0.635. The van der Waals surface area contributed by atoms with Crippen LogP contribution < -0.4 is 5.32 Å². The van der Waals surface area contributed by atoms with E-state index in [9.17, 15) is 9.59 Å². The van der Waals surface area contributed by atoms with Crippen LogP contribution in [0.15, 0.2) is 41.5 Å². The van der Waals surface area contributed by atoms with Gasteiger partial charge in [0.2, 0.25) is 0 Å². The van der Waals surface area contributed by atoms with Crippen LogP contribution in [0.25, 0.3) is 0 Å². The van der Waals surface area contributed by atoms with Gasteiger partial charge in [0.05, 0.1) is 6.61 Å². The van der Waals surface area contributed by atoms with Gasteiger partial charge in [-0.15, -0.1) is 0 Å². The molecule has 6 nitrogen and oxygen atoms in total.